The lowest BCUT2D eigenvalue weighted by molar-refractivity contribution is -0.183. The predicted octanol–water partition coefficient (Wildman–Crippen LogP) is 3.13. The van der Waals surface area contributed by atoms with Crippen molar-refractivity contribution in [2.75, 3.05) is 39.3 Å². The van der Waals surface area contributed by atoms with Gasteiger partial charge in [-0.25, -0.2) is 4.79 Å². The molecule has 2 amide bonds. The highest BCUT2D eigenvalue weighted by molar-refractivity contribution is 5.99. The fourth-order valence-corrected chi connectivity index (χ4v) is 8.85. The van der Waals surface area contributed by atoms with E-state index in [1.807, 2.05) is 43.3 Å². The highest BCUT2D eigenvalue weighted by atomic mass is 16.7. The molecule has 12 nitrogen and oxygen atoms in total. The van der Waals surface area contributed by atoms with E-state index in [9.17, 15) is 24.6 Å². The van der Waals surface area contributed by atoms with E-state index in [2.05, 4.69) is 31.4 Å². The monoisotopic (exact) mass is 692 g/mol. The molecule has 9 atom stereocenters. The second-order valence-electron chi connectivity index (χ2n) is 15.4. The van der Waals surface area contributed by atoms with Crippen molar-refractivity contribution in [1.82, 2.24) is 15.7 Å². The van der Waals surface area contributed by atoms with Gasteiger partial charge in [0.05, 0.1) is 33.0 Å². The minimum Gasteiger partial charge on any atom is -0.496 e. The summed E-state index contributed by atoms with van der Waals surface area (Å²) in [7, 11) is 5.33. The number of esters is 1. The van der Waals surface area contributed by atoms with E-state index in [-0.39, 0.29) is 43.0 Å². The molecule has 3 saturated carbocycles. The van der Waals surface area contributed by atoms with Gasteiger partial charge < -0.3 is 35.2 Å². The summed E-state index contributed by atoms with van der Waals surface area (Å²) in [6.45, 7) is 8.55. The lowest BCUT2D eigenvalue weighted by Crippen LogP contribution is -2.62. The van der Waals surface area contributed by atoms with Crippen molar-refractivity contribution in [3.8, 4) is 16.9 Å². The van der Waals surface area contributed by atoms with Crippen molar-refractivity contribution in [1.29, 1.82) is 0 Å². The molecule has 0 radical (unpaired) electrons. The van der Waals surface area contributed by atoms with E-state index in [0.29, 0.717) is 46.6 Å². The first-order chi connectivity index (χ1) is 23.7. The molecule has 2 saturated heterocycles. The van der Waals surface area contributed by atoms with Crippen LogP contribution in [0.25, 0.3) is 11.1 Å². The maximum Gasteiger partial charge on any atom is 0.328 e. The van der Waals surface area contributed by atoms with Gasteiger partial charge in [-0.1, -0.05) is 39.0 Å². The summed E-state index contributed by atoms with van der Waals surface area (Å²) in [5, 5.41) is 28.9. The molecule has 50 heavy (non-hydrogen) atoms. The number of hydroxylamine groups is 2. The topological polar surface area (TPSA) is 150 Å². The Bertz CT molecular complexity index is 1610. The molecule has 0 spiro atoms. The minimum atomic E-state index is -0.915. The SMILES string of the molecule is COc1c(CN2O[C@@H](CO)[C@H]([C@H](C)O)[C@H]2C(=O)N[C@H]2C[C@H]3C[C@@H]([C@@H]2C)C3(C)C)cccc1-c1cc(C(=O)N[C@H]2CCOC2=O)cc(N(C)C)c1. The van der Waals surface area contributed by atoms with E-state index in [0.717, 1.165) is 17.7 Å². The first-order valence-electron chi connectivity index (χ1n) is 17.7. The van der Waals surface area contributed by atoms with Gasteiger partial charge in [0.1, 0.15) is 23.9 Å². The fraction of sp³-hybridized carbons (Fsp3) is 0.605. The number of fused-ring (bicyclic) bond motifs is 2. The van der Waals surface area contributed by atoms with Crippen molar-refractivity contribution >= 4 is 23.5 Å². The normalized spacial score (nSPS) is 30.6. The van der Waals surface area contributed by atoms with Crippen LogP contribution in [-0.2, 0) is 25.7 Å². The van der Waals surface area contributed by atoms with Crippen LogP contribution in [-0.4, -0.2) is 97.8 Å². The van der Waals surface area contributed by atoms with Crippen LogP contribution in [0.5, 0.6) is 5.75 Å². The molecule has 12 heteroatoms. The van der Waals surface area contributed by atoms with Gasteiger partial charge in [-0.05, 0) is 66.7 Å². The first kappa shape index (κ1) is 36.1. The molecule has 2 aliphatic heterocycles. The summed E-state index contributed by atoms with van der Waals surface area (Å²) >= 11 is 0. The Hall–Kier alpha value is -3.71. The number of aliphatic hydroxyl groups is 2. The Morgan fingerprint density at radius 3 is 2.52 bits per heavy atom. The van der Waals surface area contributed by atoms with E-state index < -0.39 is 36.2 Å². The van der Waals surface area contributed by atoms with Crippen LogP contribution in [0.4, 0.5) is 5.69 Å². The second kappa shape index (κ2) is 14.1. The third kappa shape index (κ3) is 6.58. The smallest absolute Gasteiger partial charge is 0.328 e. The Morgan fingerprint density at radius 1 is 1.16 bits per heavy atom. The number of ether oxygens (including phenoxy) is 2. The lowest BCUT2D eigenvalue weighted by Gasteiger charge is -2.62. The maximum absolute atomic E-state index is 14.2. The number of carbonyl (C=O) groups excluding carboxylic acids is 3. The van der Waals surface area contributed by atoms with Crippen LogP contribution in [0.15, 0.2) is 36.4 Å². The summed E-state index contributed by atoms with van der Waals surface area (Å²) in [6, 6.07) is 9.62. The van der Waals surface area contributed by atoms with E-state index in [4.69, 9.17) is 14.3 Å². The molecular weight excluding hydrogens is 640 g/mol. The molecule has 272 valence electrons. The Morgan fingerprint density at radius 2 is 1.92 bits per heavy atom. The largest absolute Gasteiger partial charge is 0.496 e. The van der Waals surface area contributed by atoms with E-state index in [1.165, 1.54) is 6.42 Å². The number of nitrogens with zero attached hydrogens (tertiary/aromatic N) is 2. The number of benzene rings is 2. The maximum atomic E-state index is 14.2. The summed E-state index contributed by atoms with van der Waals surface area (Å²) in [5.74, 6) is 0.245. The molecule has 5 fully saturated rings. The van der Waals surface area contributed by atoms with Crippen LogP contribution in [0, 0.1) is 29.1 Å². The number of nitrogens with one attached hydrogen (secondary N) is 2. The van der Waals surface area contributed by atoms with E-state index >= 15 is 0 Å². The number of aliphatic hydroxyl groups excluding tert-OH is 2. The Labute approximate surface area is 294 Å². The average Bonchev–Trinajstić information content (AvgIpc) is 3.67. The van der Waals surface area contributed by atoms with Crippen molar-refractivity contribution in [2.24, 2.45) is 29.1 Å². The van der Waals surface area contributed by atoms with Gasteiger partial charge in [-0.2, -0.15) is 5.06 Å². The first-order valence-corrected chi connectivity index (χ1v) is 17.7. The number of anilines is 1. The average molecular weight is 693 g/mol. The number of rotatable bonds is 11. The van der Waals surface area contributed by atoms with Crippen LogP contribution in [0.1, 0.15) is 62.9 Å². The zero-order valence-electron chi connectivity index (χ0n) is 30.1. The van der Waals surface area contributed by atoms with Crippen molar-refractivity contribution in [3.05, 3.63) is 47.5 Å². The number of amides is 2. The van der Waals surface area contributed by atoms with Gasteiger partial charge >= 0.3 is 5.97 Å². The zero-order valence-corrected chi connectivity index (χ0v) is 30.1. The molecule has 7 rings (SSSR count). The fourth-order valence-electron chi connectivity index (χ4n) is 8.85. The van der Waals surface area contributed by atoms with Gasteiger partial charge in [0.25, 0.3) is 5.91 Å². The number of cyclic esters (lactones) is 1. The second-order valence-corrected chi connectivity index (χ2v) is 15.4. The molecule has 2 aromatic rings. The van der Waals surface area contributed by atoms with Crippen LogP contribution < -0.4 is 20.3 Å². The van der Waals surface area contributed by atoms with Gasteiger partial charge in [-0.15, -0.1) is 0 Å². The quantitative estimate of drug-likeness (QED) is 0.259. The summed E-state index contributed by atoms with van der Waals surface area (Å²) in [6.07, 6.45) is 0.841. The zero-order chi connectivity index (χ0) is 36.1. The highest BCUT2D eigenvalue weighted by Gasteiger charge is 2.57. The van der Waals surface area contributed by atoms with Gasteiger partial charge in [0.15, 0.2) is 0 Å². The number of methoxy groups -OCH3 is 1. The van der Waals surface area contributed by atoms with Gasteiger partial charge in [-0.3, -0.25) is 14.4 Å². The molecule has 0 unspecified atom stereocenters. The number of para-hydroxylation sites is 1. The van der Waals surface area contributed by atoms with Crippen LogP contribution in [0.2, 0.25) is 0 Å². The van der Waals surface area contributed by atoms with Crippen molar-refractivity contribution in [2.45, 2.75) is 83.8 Å². The molecule has 2 bridgehead atoms. The number of carbonyl (C=O) groups is 3. The molecule has 2 heterocycles. The predicted molar refractivity (Wildman–Crippen MR) is 187 cm³/mol. The highest BCUT2D eigenvalue weighted by Crippen LogP contribution is 2.61. The number of hydrogen-bond donors (Lipinski definition) is 4. The molecule has 4 N–H and O–H groups in total. The van der Waals surface area contributed by atoms with E-state index in [1.54, 1.807) is 31.2 Å². The Kier molecular flexibility index (Phi) is 10.2. The summed E-state index contributed by atoms with van der Waals surface area (Å²) in [4.78, 5) is 47.7. The van der Waals surface area contributed by atoms with Crippen molar-refractivity contribution in [3.63, 3.8) is 0 Å². The lowest BCUT2D eigenvalue weighted by atomic mass is 9.45. The minimum absolute atomic E-state index is 0.0245. The molecule has 0 aromatic heterocycles. The summed E-state index contributed by atoms with van der Waals surface area (Å²) in [5.41, 5.74) is 3.57. The molecule has 5 aliphatic rings. The molecular formula is C38H52N4O8. The molecule has 2 aromatic carbocycles. The van der Waals surface area contributed by atoms with Crippen molar-refractivity contribution < 1.29 is 38.9 Å². The standard InChI is InChI=1S/C38H52N4O8/c1-20-28-16-25(38(28,3)4)17-30(20)40-36(46)33-32(21(2)44)31(19-43)50-42(33)18-22-9-8-10-27(34(22)48-7)23-13-24(15-26(14-23)41(5)6)35(45)39-29-11-12-49-37(29)47/h8-10,13-15,20-21,25,28-33,43-44H,11-12,16-19H2,1-7H3,(H,39,45)(H,40,46)/t20-,21-,25+,28-,29-,30-,31-,32-,33-/m0/s1. The van der Waals surface area contributed by atoms with Gasteiger partial charge in [0.2, 0.25) is 5.91 Å². The summed E-state index contributed by atoms with van der Waals surface area (Å²) < 4.78 is 11.0. The van der Waals surface area contributed by atoms with Gasteiger partial charge in [0, 0.05) is 54.9 Å². The molecule has 3 aliphatic carbocycles. The number of hydrogen-bond acceptors (Lipinski definition) is 10. The Balaban J connectivity index is 1.29. The third-order valence-electron chi connectivity index (χ3n) is 11.9. The third-order valence-corrected chi connectivity index (χ3v) is 11.9. The van der Waals surface area contributed by atoms with Crippen LogP contribution in [0.3, 0.4) is 0 Å². The van der Waals surface area contributed by atoms with Crippen LogP contribution >= 0.6 is 0 Å².